The predicted molar refractivity (Wildman–Crippen MR) is 76.8 cm³/mol. The molecule has 0 aliphatic rings. The second kappa shape index (κ2) is 5.62. The standard InChI is InChI=1S/C15H13FN4O/c16-14-8-11(6-7-15(14)21)17-9-12-10-18-20(19-12)13-4-2-1-3-5-13/h1-8,10,17,21H,9H2. The van der Waals surface area contributed by atoms with Crippen molar-refractivity contribution in [3.8, 4) is 11.4 Å². The van der Waals surface area contributed by atoms with E-state index >= 15 is 0 Å². The molecule has 106 valence electrons. The molecule has 2 N–H and O–H groups in total. The summed E-state index contributed by atoms with van der Waals surface area (Å²) in [6.45, 7) is 0.414. The second-order valence-corrected chi connectivity index (χ2v) is 4.48. The van der Waals surface area contributed by atoms with E-state index in [-0.39, 0.29) is 5.75 Å². The fraction of sp³-hybridized carbons (Fsp3) is 0.0667. The number of aromatic nitrogens is 3. The maximum absolute atomic E-state index is 13.2. The minimum absolute atomic E-state index is 0.365. The number of rotatable bonds is 4. The summed E-state index contributed by atoms with van der Waals surface area (Å²) in [5, 5.41) is 20.7. The van der Waals surface area contributed by atoms with Crippen LogP contribution in [0.1, 0.15) is 5.69 Å². The van der Waals surface area contributed by atoms with Crippen molar-refractivity contribution < 1.29 is 9.50 Å². The molecule has 3 rings (SSSR count). The summed E-state index contributed by atoms with van der Waals surface area (Å²) in [6, 6.07) is 13.7. The summed E-state index contributed by atoms with van der Waals surface area (Å²) >= 11 is 0. The average molecular weight is 284 g/mol. The van der Waals surface area contributed by atoms with Gasteiger partial charge in [-0.1, -0.05) is 18.2 Å². The molecule has 21 heavy (non-hydrogen) atoms. The molecule has 0 atom stereocenters. The highest BCUT2D eigenvalue weighted by Gasteiger charge is 2.04. The van der Waals surface area contributed by atoms with E-state index < -0.39 is 5.82 Å². The van der Waals surface area contributed by atoms with Gasteiger partial charge in [0.25, 0.3) is 0 Å². The Morgan fingerprint density at radius 2 is 1.95 bits per heavy atom. The minimum Gasteiger partial charge on any atom is -0.505 e. The van der Waals surface area contributed by atoms with E-state index in [2.05, 4.69) is 15.5 Å². The van der Waals surface area contributed by atoms with Crippen molar-refractivity contribution in [1.82, 2.24) is 15.0 Å². The molecule has 3 aromatic rings. The van der Waals surface area contributed by atoms with Crippen LogP contribution in [0.2, 0.25) is 0 Å². The molecule has 0 aliphatic carbocycles. The summed E-state index contributed by atoms with van der Waals surface area (Å²) in [5.41, 5.74) is 2.17. The van der Waals surface area contributed by atoms with Crippen molar-refractivity contribution in [3.05, 3.63) is 66.2 Å². The van der Waals surface area contributed by atoms with Crippen LogP contribution in [0.4, 0.5) is 10.1 Å². The summed E-state index contributed by atoms with van der Waals surface area (Å²) in [7, 11) is 0. The molecule has 0 saturated carbocycles. The number of halogens is 1. The normalized spacial score (nSPS) is 10.5. The van der Waals surface area contributed by atoms with Crippen molar-refractivity contribution in [3.63, 3.8) is 0 Å². The molecular formula is C15H13FN4O. The molecule has 2 aromatic carbocycles. The first-order valence-corrected chi connectivity index (χ1v) is 6.41. The number of phenols is 1. The van der Waals surface area contributed by atoms with Gasteiger partial charge in [-0.25, -0.2) is 4.39 Å². The van der Waals surface area contributed by atoms with E-state index in [1.165, 1.54) is 16.9 Å². The quantitative estimate of drug-likeness (QED) is 0.723. The van der Waals surface area contributed by atoms with Gasteiger partial charge in [0, 0.05) is 11.8 Å². The third-order valence-corrected chi connectivity index (χ3v) is 2.95. The molecular weight excluding hydrogens is 271 g/mol. The van der Waals surface area contributed by atoms with Crippen LogP contribution in [-0.2, 0) is 6.54 Å². The van der Waals surface area contributed by atoms with Crippen LogP contribution >= 0.6 is 0 Å². The van der Waals surface area contributed by atoms with Crippen molar-refractivity contribution in [2.45, 2.75) is 6.54 Å². The Morgan fingerprint density at radius 1 is 1.14 bits per heavy atom. The van der Waals surface area contributed by atoms with Gasteiger partial charge in [0.2, 0.25) is 0 Å². The number of anilines is 1. The Morgan fingerprint density at radius 3 is 2.71 bits per heavy atom. The number of nitrogens with one attached hydrogen (secondary N) is 1. The lowest BCUT2D eigenvalue weighted by molar-refractivity contribution is 0.432. The summed E-state index contributed by atoms with van der Waals surface area (Å²) in [5.74, 6) is -1.02. The van der Waals surface area contributed by atoms with Crippen molar-refractivity contribution in [2.75, 3.05) is 5.32 Å². The van der Waals surface area contributed by atoms with Crippen LogP contribution < -0.4 is 5.32 Å². The van der Waals surface area contributed by atoms with Crippen molar-refractivity contribution in [2.24, 2.45) is 0 Å². The third-order valence-electron chi connectivity index (χ3n) is 2.95. The van der Waals surface area contributed by atoms with Crippen LogP contribution in [0.15, 0.2) is 54.7 Å². The first kappa shape index (κ1) is 13.1. The van der Waals surface area contributed by atoms with Gasteiger partial charge in [-0.05, 0) is 24.3 Å². The lowest BCUT2D eigenvalue weighted by Crippen LogP contribution is -2.02. The van der Waals surface area contributed by atoms with Gasteiger partial charge in [0.05, 0.1) is 18.4 Å². The molecule has 1 heterocycles. The van der Waals surface area contributed by atoms with Gasteiger partial charge in [0.15, 0.2) is 11.6 Å². The summed E-state index contributed by atoms with van der Waals surface area (Å²) < 4.78 is 13.2. The topological polar surface area (TPSA) is 63.0 Å². The predicted octanol–water partition coefficient (Wildman–Crippen LogP) is 2.72. The lowest BCUT2D eigenvalue weighted by atomic mass is 10.3. The smallest absolute Gasteiger partial charge is 0.166 e. The van der Waals surface area contributed by atoms with Crippen molar-refractivity contribution in [1.29, 1.82) is 0 Å². The molecule has 0 unspecified atom stereocenters. The van der Waals surface area contributed by atoms with Gasteiger partial charge in [0.1, 0.15) is 5.69 Å². The second-order valence-electron chi connectivity index (χ2n) is 4.48. The Bertz CT molecular complexity index is 742. The highest BCUT2D eigenvalue weighted by Crippen LogP contribution is 2.19. The maximum atomic E-state index is 13.2. The van der Waals surface area contributed by atoms with Crippen LogP contribution in [0.25, 0.3) is 5.69 Å². The van der Waals surface area contributed by atoms with Crippen LogP contribution in [-0.4, -0.2) is 20.1 Å². The molecule has 0 saturated heterocycles. The highest BCUT2D eigenvalue weighted by atomic mass is 19.1. The third kappa shape index (κ3) is 3.00. The highest BCUT2D eigenvalue weighted by molar-refractivity contribution is 5.47. The Balaban J connectivity index is 1.69. The number of hydrogen-bond acceptors (Lipinski definition) is 4. The van der Waals surface area contributed by atoms with E-state index in [0.29, 0.717) is 12.2 Å². The molecule has 0 aliphatic heterocycles. The average Bonchev–Trinajstić information content (AvgIpc) is 2.98. The van der Waals surface area contributed by atoms with Crippen LogP contribution in [0, 0.1) is 5.82 Å². The number of phenolic OH excluding ortho intramolecular Hbond substituents is 1. The number of nitrogens with zero attached hydrogens (tertiary/aromatic N) is 3. The number of benzene rings is 2. The molecule has 0 bridgehead atoms. The summed E-state index contributed by atoms with van der Waals surface area (Å²) in [4.78, 5) is 1.54. The lowest BCUT2D eigenvalue weighted by Gasteiger charge is -2.04. The van der Waals surface area contributed by atoms with Gasteiger partial charge in [-0.3, -0.25) is 0 Å². The van der Waals surface area contributed by atoms with Gasteiger partial charge in [-0.15, -0.1) is 0 Å². The molecule has 0 fully saturated rings. The molecule has 0 spiro atoms. The summed E-state index contributed by atoms with van der Waals surface area (Å²) in [6.07, 6.45) is 1.65. The Labute approximate surface area is 120 Å². The van der Waals surface area contributed by atoms with Crippen LogP contribution in [0.5, 0.6) is 5.75 Å². The zero-order valence-electron chi connectivity index (χ0n) is 11.1. The zero-order valence-corrected chi connectivity index (χ0v) is 11.1. The van der Waals surface area contributed by atoms with Gasteiger partial charge < -0.3 is 10.4 Å². The molecule has 6 heteroatoms. The van der Waals surface area contributed by atoms with Gasteiger partial charge in [-0.2, -0.15) is 15.0 Å². The van der Waals surface area contributed by atoms with E-state index in [1.807, 2.05) is 30.3 Å². The van der Waals surface area contributed by atoms with Gasteiger partial charge >= 0.3 is 0 Å². The first-order valence-electron chi connectivity index (χ1n) is 6.41. The monoisotopic (exact) mass is 284 g/mol. The number of aromatic hydroxyl groups is 1. The first-order chi connectivity index (χ1) is 10.2. The van der Waals surface area contributed by atoms with Crippen LogP contribution in [0.3, 0.4) is 0 Å². The maximum Gasteiger partial charge on any atom is 0.166 e. The van der Waals surface area contributed by atoms with E-state index in [0.717, 1.165) is 11.4 Å². The fourth-order valence-electron chi connectivity index (χ4n) is 1.87. The Hall–Kier alpha value is -2.89. The number of hydrogen-bond donors (Lipinski definition) is 2. The minimum atomic E-state index is -0.659. The van der Waals surface area contributed by atoms with E-state index in [1.54, 1.807) is 12.3 Å². The molecule has 0 radical (unpaired) electrons. The molecule has 1 aromatic heterocycles. The van der Waals surface area contributed by atoms with Crippen molar-refractivity contribution >= 4 is 5.69 Å². The number of para-hydroxylation sites is 1. The van der Waals surface area contributed by atoms with E-state index in [9.17, 15) is 4.39 Å². The molecule has 0 amide bonds. The molecule has 5 nitrogen and oxygen atoms in total. The largest absolute Gasteiger partial charge is 0.505 e. The zero-order chi connectivity index (χ0) is 14.7. The SMILES string of the molecule is Oc1ccc(NCc2cnn(-c3ccccc3)n2)cc1F. The Kier molecular flexibility index (Phi) is 3.51. The fourth-order valence-corrected chi connectivity index (χ4v) is 1.87. The van der Waals surface area contributed by atoms with E-state index in [4.69, 9.17) is 5.11 Å².